The Morgan fingerprint density at radius 3 is 2.65 bits per heavy atom. The van der Waals surface area contributed by atoms with Crippen molar-refractivity contribution < 1.29 is 19.4 Å². The molecule has 7 heteroatoms. The molecular formula is C13H11Cl3O4. The van der Waals surface area contributed by atoms with Crippen molar-refractivity contribution in [3.05, 3.63) is 27.2 Å². The second-order valence-corrected chi connectivity index (χ2v) is 6.02. The lowest BCUT2D eigenvalue weighted by molar-refractivity contribution is -0.139. The summed E-state index contributed by atoms with van der Waals surface area (Å²) in [7, 11) is 0. The van der Waals surface area contributed by atoms with E-state index in [1.807, 2.05) is 6.92 Å². The van der Waals surface area contributed by atoms with Gasteiger partial charge in [0.05, 0.1) is 5.02 Å². The fourth-order valence-corrected chi connectivity index (χ4v) is 2.92. The summed E-state index contributed by atoms with van der Waals surface area (Å²) in [6, 6.07) is 1.53. The first-order valence-corrected chi connectivity index (χ1v) is 7.02. The minimum Gasteiger partial charge on any atom is -0.480 e. The Morgan fingerprint density at radius 1 is 1.45 bits per heavy atom. The molecule has 0 aliphatic heterocycles. The summed E-state index contributed by atoms with van der Waals surface area (Å²) in [6.45, 7) is 1.27. The summed E-state index contributed by atoms with van der Waals surface area (Å²) in [5, 5.41) is 8.70. The largest absolute Gasteiger partial charge is 0.480 e. The Hall–Kier alpha value is -0.970. The predicted octanol–water partition coefficient (Wildman–Crippen LogP) is 3.58. The van der Waals surface area contributed by atoms with Gasteiger partial charge in [0.1, 0.15) is 15.6 Å². The summed E-state index contributed by atoms with van der Waals surface area (Å²) in [4.78, 5) is 21.8. The van der Waals surface area contributed by atoms with Gasteiger partial charge in [0, 0.05) is 5.56 Å². The third-order valence-electron chi connectivity index (χ3n) is 3.27. The van der Waals surface area contributed by atoms with Gasteiger partial charge in [-0.25, -0.2) is 4.79 Å². The lowest BCUT2D eigenvalue weighted by Gasteiger charge is -2.15. The summed E-state index contributed by atoms with van der Waals surface area (Å²) in [5.41, 5.74) is 0.929. The minimum atomic E-state index is -1.13. The molecule has 0 bridgehead atoms. The topological polar surface area (TPSA) is 63.6 Å². The molecular weight excluding hydrogens is 326 g/mol. The molecule has 1 aliphatic rings. The van der Waals surface area contributed by atoms with Gasteiger partial charge in [-0.15, -0.1) is 11.6 Å². The molecule has 1 aromatic rings. The number of hydrogen-bond donors (Lipinski definition) is 1. The Labute approximate surface area is 130 Å². The molecule has 0 spiro atoms. The van der Waals surface area contributed by atoms with Crippen LogP contribution < -0.4 is 4.74 Å². The minimum absolute atomic E-state index is 0.0250. The first-order valence-electron chi connectivity index (χ1n) is 5.89. The van der Waals surface area contributed by atoms with Crippen molar-refractivity contribution in [2.24, 2.45) is 0 Å². The smallest absolute Gasteiger partial charge is 0.341 e. The van der Waals surface area contributed by atoms with Crippen LogP contribution in [0.3, 0.4) is 0 Å². The van der Waals surface area contributed by atoms with Gasteiger partial charge in [0.25, 0.3) is 0 Å². The van der Waals surface area contributed by atoms with Crippen LogP contribution in [0.4, 0.5) is 0 Å². The molecule has 1 aromatic carbocycles. The molecule has 1 N–H and O–H groups in total. The van der Waals surface area contributed by atoms with Crippen LogP contribution in [0.1, 0.15) is 29.3 Å². The Balaban J connectivity index is 2.46. The summed E-state index contributed by atoms with van der Waals surface area (Å²) in [6.07, 6.45) is 0.779. The first kappa shape index (κ1) is 15.4. The van der Waals surface area contributed by atoms with Crippen LogP contribution in [0.15, 0.2) is 6.07 Å². The Kier molecular flexibility index (Phi) is 4.19. The second kappa shape index (κ2) is 5.43. The van der Waals surface area contributed by atoms with Gasteiger partial charge in [0.15, 0.2) is 12.4 Å². The number of rotatable bonds is 4. The van der Waals surface area contributed by atoms with Gasteiger partial charge in [-0.2, -0.15) is 0 Å². The number of ketones is 1. The van der Waals surface area contributed by atoms with E-state index in [1.54, 1.807) is 0 Å². The number of hydrogen-bond acceptors (Lipinski definition) is 3. The number of fused-ring (bicyclic) bond motifs is 1. The van der Waals surface area contributed by atoms with Crippen molar-refractivity contribution in [3.63, 3.8) is 0 Å². The van der Waals surface area contributed by atoms with Crippen LogP contribution in [-0.4, -0.2) is 28.3 Å². The molecule has 0 amide bonds. The average molecular weight is 338 g/mol. The molecule has 0 saturated heterocycles. The van der Waals surface area contributed by atoms with Crippen LogP contribution in [-0.2, 0) is 11.2 Å². The Bertz CT molecular complexity index is 600. The number of benzene rings is 1. The van der Waals surface area contributed by atoms with Gasteiger partial charge in [-0.1, -0.05) is 30.1 Å². The van der Waals surface area contributed by atoms with Crippen molar-refractivity contribution in [2.75, 3.05) is 6.61 Å². The number of carboxylic acids is 1. The van der Waals surface area contributed by atoms with E-state index < -0.39 is 17.5 Å². The van der Waals surface area contributed by atoms with Gasteiger partial charge >= 0.3 is 5.97 Å². The van der Waals surface area contributed by atoms with Gasteiger partial charge in [-0.05, 0) is 24.5 Å². The zero-order valence-electron chi connectivity index (χ0n) is 10.5. The molecule has 0 heterocycles. The molecule has 2 rings (SSSR count). The maximum atomic E-state index is 12.3. The third-order valence-corrected chi connectivity index (χ3v) is 4.69. The van der Waals surface area contributed by atoms with Crippen molar-refractivity contribution in [1.29, 1.82) is 0 Å². The summed E-state index contributed by atoms with van der Waals surface area (Å²) < 4.78 is 5.07. The van der Waals surface area contributed by atoms with Gasteiger partial charge < -0.3 is 9.84 Å². The highest BCUT2D eigenvalue weighted by molar-refractivity contribution is 6.48. The number of carboxylic acid groups (broad SMARTS) is 1. The molecule has 1 aliphatic carbocycles. The monoisotopic (exact) mass is 336 g/mol. The fourth-order valence-electron chi connectivity index (χ4n) is 2.17. The van der Waals surface area contributed by atoms with Crippen molar-refractivity contribution in [2.45, 2.75) is 24.6 Å². The molecule has 0 aromatic heterocycles. The fraction of sp³-hybridized carbons (Fsp3) is 0.385. The first-order chi connectivity index (χ1) is 9.30. The third kappa shape index (κ3) is 2.48. The van der Waals surface area contributed by atoms with E-state index in [0.717, 1.165) is 0 Å². The Morgan fingerprint density at radius 2 is 2.10 bits per heavy atom. The standard InChI is InChI=1S/C13H11Cl3O4/c1-2-13(16)4-6-3-7(20-5-8(17)18)10(14)11(15)9(6)12(13)19/h3H,2,4-5H2,1H3,(H,17,18). The van der Waals surface area contributed by atoms with E-state index in [4.69, 9.17) is 44.6 Å². The molecule has 1 atom stereocenters. The highest BCUT2D eigenvalue weighted by Gasteiger charge is 2.44. The lowest BCUT2D eigenvalue weighted by Crippen LogP contribution is -2.27. The van der Waals surface area contributed by atoms with Crippen LogP contribution in [0.5, 0.6) is 5.75 Å². The van der Waals surface area contributed by atoms with E-state index >= 15 is 0 Å². The number of carbonyl (C=O) groups excluding carboxylic acids is 1. The highest BCUT2D eigenvalue weighted by Crippen LogP contribution is 2.46. The molecule has 0 saturated carbocycles. The molecule has 1 unspecified atom stereocenters. The molecule has 108 valence electrons. The van der Waals surface area contributed by atoms with E-state index in [2.05, 4.69) is 0 Å². The van der Waals surface area contributed by atoms with Gasteiger partial charge in [-0.3, -0.25) is 4.79 Å². The summed E-state index contributed by atoms with van der Waals surface area (Å²) >= 11 is 18.4. The normalized spacial score (nSPS) is 20.9. The van der Waals surface area contributed by atoms with E-state index in [-0.39, 0.29) is 21.6 Å². The number of carbonyl (C=O) groups is 2. The van der Waals surface area contributed by atoms with Crippen molar-refractivity contribution in [1.82, 2.24) is 0 Å². The van der Waals surface area contributed by atoms with Crippen LogP contribution >= 0.6 is 34.8 Å². The number of Topliss-reactive ketones (excluding diaryl/α,β-unsaturated/α-hetero) is 1. The number of aliphatic carboxylic acids is 1. The maximum absolute atomic E-state index is 12.3. The highest BCUT2D eigenvalue weighted by atomic mass is 35.5. The van der Waals surface area contributed by atoms with Crippen molar-refractivity contribution >= 4 is 46.6 Å². The quantitative estimate of drug-likeness (QED) is 0.853. The maximum Gasteiger partial charge on any atom is 0.341 e. The number of alkyl halides is 1. The van der Waals surface area contributed by atoms with Crippen molar-refractivity contribution in [3.8, 4) is 5.75 Å². The van der Waals surface area contributed by atoms with Crippen LogP contribution in [0.2, 0.25) is 10.0 Å². The van der Waals surface area contributed by atoms with E-state index in [9.17, 15) is 9.59 Å². The van der Waals surface area contributed by atoms with Crippen LogP contribution in [0.25, 0.3) is 0 Å². The molecule has 20 heavy (non-hydrogen) atoms. The van der Waals surface area contributed by atoms with E-state index in [0.29, 0.717) is 24.0 Å². The molecule has 4 nitrogen and oxygen atoms in total. The lowest BCUT2D eigenvalue weighted by atomic mass is 10.0. The summed E-state index contributed by atoms with van der Waals surface area (Å²) in [5.74, 6) is -1.25. The SMILES string of the molecule is CCC1(Cl)Cc2cc(OCC(=O)O)c(Cl)c(Cl)c2C1=O. The number of halogens is 3. The molecule has 0 radical (unpaired) electrons. The second-order valence-electron chi connectivity index (χ2n) is 4.54. The average Bonchev–Trinajstić information content (AvgIpc) is 2.65. The zero-order valence-corrected chi connectivity index (χ0v) is 12.8. The number of ether oxygens (including phenoxy) is 1. The van der Waals surface area contributed by atoms with Crippen LogP contribution in [0, 0.1) is 0 Å². The van der Waals surface area contributed by atoms with Gasteiger partial charge in [0.2, 0.25) is 0 Å². The van der Waals surface area contributed by atoms with E-state index in [1.165, 1.54) is 6.07 Å². The zero-order chi connectivity index (χ0) is 15.1. The molecule has 0 fully saturated rings. The predicted molar refractivity (Wildman–Crippen MR) is 76.5 cm³/mol.